The molecule has 1 fully saturated rings. The molecule has 15 heavy (non-hydrogen) atoms. The van der Waals surface area contributed by atoms with Gasteiger partial charge >= 0.3 is 0 Å². The fourth-order valence-electron chi connectivity index (χ4n) is 1.98. The molecule has 0 saturated carbocycles. The predicted octanol–water partition coefficient (Wildman–Crippen LogP) is 1.93. The normalized spacial score (nSPS) is 22.9. The lowest BCUT2D eigenvalue weighted by atomic mass is 9.94. The Morgan fingerprint density at radius 1 is 1.53 bits per heavy atom. The minimum Gasteiger partial charge on any atom is -0.388 e. The van der Waals surface area contributed by atoms with Crippen molar-refractivity contribution < 1.29 is 5.11 Å². The topological polar surface area (TPSA) is 46.2 Å². The van der Waals surface area contributed by atoms with Gasteiger partial charge in [0, 0.05) is 6.54 Å². The van der Waals surface area contributed by atoms with E-state index in [9.17, 15) is 5.11 Å². The first-order valence-corrected chi connectivity index (χ1v) is 6.51. The van der Waals surface area contributed by atoms with Crippen LogP contribution in [0.15, 0.2) is 24.3 Å². The minimum atomic E-state index is -0.313. The zero-order valence-corrected chi connectivity index (χ0v) is 9.54. The number of aliphatic hydroxyl groups is 1. The smallest absolute Gasteiger partial charge is 0.0826 e. The Labute approximate surface area is 94.9 Å². The second kappa shape index (κ2) is 5.01. The molecule has 2 rings (SSSR count). The summed E-state index contributed by atoms with van der Waals surface area (Å²) in [5.74, 6) is 2.68. The third-order valence-corrected chi connectivity index (χ3v) is 4.13. The Kier molecular flexibility index (Phi) is 3.67. The van der Waals surface area contributed by atoms with Crippen molar-refractivity contribution in [2.45, 2.75) is 19.1 Å². The third kappa shape index (κ3) is 2.54. The summed E-state index contributed by atoms with van der Waals surface area (Å²) in [5.41, 5.74) is 7.70. The van der Waals surface area contributed by atoms with Crippen LogP contribution in [-0.4, -0.2) is 16.6 Å². The fourth-order valence-corrected chi connectivity index (χ4v) is 3.27. The van der Waals surface area contributed by atoms with Crippen molar-refractivity contribution in [1.29, 1.82) is 0 Å². The van der Waals surface area contributed by atoms with Gasteiger partial charge in [-0.25, -0.2) is 0 Å². The highest BCUT2D eigenvalue weighted by Gasteiger charge is 2.24. The van der Waals surface area contributed by atoms with Gasteiger partial charge in [-0.05, 0) is 35.0 Å². The molecule has 0 aromatic heterocycles. The van der Waals surface area contributed by atoms with Gasteiger partial charge < -0.3 is 10.8 Å². The quantitative estimate of drug-likeness (QED) is 0.823. The van der Waals surface area contributed by atoms with Crippen molar-refractivity contribution in [3.63, 3.8) is 0 Å². The van der Waals surface area contributed by atoms with Gasteiger partial charge in [0.05, 0.1) is 6.10 Å². The van der Waals surface area contributed by atoms with E-state index >= 15 is 0 Å². The van der Waals surface area contributed by atoms with Crippen LogP contribution < -0.4 is 5.73 Å². The van der Waals surface area contributed by atoms with E-state index in [4.69, 9.17) is 5.73 Å². The van der Waals surface area contributed by atoms with Gasteiger partial charge in [0.2, 0.25) is 0 Å². The molecule has 0 radical (unpaired) electrons. The van der Waals surface area contributed by atoms with Gasteiger partial charge in [-0.2, -0.15) is 11.8 Å². The highest BCUT2D eigenvalue weighted by atomic mass is 32.2. The first-order valence-electron chi connectivity index (χ1n) is 5.36. The molecule has 2 nitrogen and oxygen atoms in total. The van der Waals surface area contributed by atoms with Crippen LogP contribution in [0.25, 0.3) is 0 Å². The molecule has 3 heteroatoms. The van der Waals surface area contributed by atoms with E-state index in [1.807, 2.05) is 36.0 Å². The molecular weight excluding hydrogens is 206 g/mol. The van der Waals surface area contributed by atoms with Crippen LogP contribution >= 0.6 is 11.8 Å². The molecule has 2 unspecified atom stereocenters. The van der Waals surface area contributed by atoms with Gasteiger partial charge in [0.25, 0.3) is 0 Å². The molecule has 1 aromatic carbocycles. The largest absolute Gasteiger partial charge is 0.388 e. The average Bonchev–Trinajstić information content (AvgIpc) is 2.81. The minimum absolute atomic E-state index is 0.313. The Bertz CT molecular complexity index is 323. The van der Waals surface area contributed by atoms with E-state index in [1.165, 1.54) is 5.75 Å². The number of rotatable bonds is 3. The van der Waals surface area contributed by atoms with Crippen molar-refractivity contribution in [1.82, 2.24) is 0 Å². The van der Waals surface area contributed by atoms with Crippen molar-refractivity contribution >= 4 is 11.8 Å². The van der Waals surface area contributed by atoms with Crippen molar-refractivity contribution in [3.8, 4) is 0 Å². The van der Waals surface area contributed by atoms with E-state index < -0.39 is 0 Å². The van der Waals surface area contributed by atoms with Crippen LogP contribution in [0.1, 0.15) is 23.7 Å². The maximum atomic E-state index is 10.2. The summed E-state index contributed by atoms with van der Waals surface area (Å²) in [7, 11) is 0. The maximum absolute atomic E-state index is 10.2. The van der Waals surface area contributed by atoms with E-state index in [0.717, 1.165) is 23.3 Å². The van der Waals surface area contributed by atoms with Crippen LogP contribution in [0, 0.1) is 5.92 Å². The Hall–Kier alpha value is -0.510. The molecule has 0 aliphatic carbocycles. The third-order valence-electron chi connectivity index (χ3n) is 2.94. The molecule has 1 heterocycles. The van der Waals surface area contributed by atoms with E-state index in [-0.39, 0.29) is 6.10 Å². The average molecular weight is 223 g/mol. The molecule has 0 amide bonds. The molecule has 1 aliphatic rings. The van der Waals surface area contributed by atoms with Gasteiger partial charge in [-0.3, -0.25) is 0 Å². The zero-order valence-electron chi connectivity index (χ0n) is 8.73. The van der Waals surface area contributed by atoms with Gasteiger partial charge in [0.15, 0.2) is 0 Å². The summed E-state index contributed by atoms with van der Waals surface area (Å²) < 4.78 is 0. The maximum Gasteiger partial charge on any atom is 0.0826 e. The highest BCUT2D eigenvalue weighted by molar-refractivity contribution is 7.99. The molecule has 82 valence electrons. The number of nitrogens with two attached hydrogens (primary N) is 1. The summed E-state index contributed by atoms with van der Waals surface area (Å²) >= 11 is 1.93. The first kappa shape index (κ1) is 11.0. The summed E-state index contributed by atoms with van der Waals surface area (Å²) in [6.45, 7) is 0.542. The van der Waals surface area contributed by atoms with Crippen molar-refractivity contribution in [2.24, 2.45) is 11.7 Å². The number of hydrogen-bond acceptors (Lipinski definition) is 3. The lowest BCUT2D eigenvalue weighted by molar-refractivity contribution is 0.121. The standard InChI is InChI=1S/C12H17NOS/c13-7-9-2-1-3-10(6-9)12(14)11-4-5-15-8-11/h1-3,6,11-12,14H,4-5,7-8,13H2. The second-order valence-corrected chi connectivity index (χ2v) is 5.17. The molecule has 1 aliphatic heterocycles. The van der Waals surface area contributed by atoms with Crippen molar-refractivity contribution in [2.75, 3.05) is 11.5 Å². The van der Waals surface area contributed by atoms with E-state index in [1.54, 1.807) is 0 Å². The lowest BCUT2D eigenvalue weighted by Crippen LogP contribution is -2.12. The molecule has 1 saturated heterocycles. The number of aliphatic hydroxyl groups excluding tert-OH is 1. The van der Waals surface area contributed by atoms with Crippen LogP contribution in [0.4, 0.5) is 0 Å². The number of hydrogen-bond donors (Lipinski definition) is 2. The van der Waals surface area contributed by atoms with Crippen LogP contribution in [0.2, 0.25) is 0 Å². The predicted molar refractivity (Wildman–Crippen MR) is 64.7 cm³/mol. The Balaban J connectivity index is 2.13. The second-order valence-electron chi connectivity index (χ2n) is 4.02. The molecule has 2 atom stereocenters. The van der Waals surface area contributed by atoms with E-state index in [0.29, 0.717) is 12.5 Å². The van der Waals surface area contributed by atoms with Gasteiger partial charge in [-0.15, -0.1) is 0 Å². The Morgan fingerprint density at radius 2 is 2.40 bits per heavy atom. The molecule has 0 spiro atoms. The Morgan fingerprint density at radius 3 is 3.07 bits per heavy atom. The SMILES string of the molecule is NCc1cccc(C(O)C2CCSC2)c1. The van der Waals surface area contributed by atoms with E-state index in [2.05, 4.69) is 0 Å². The molecule has 0 bridgehead atoms. The van der Waals surface area contributed by atoms with Crippen LogP contribution in [0.3, 0.4) is 0 Å². The number of benzene rings is 1. The van der Waals surface area contributed by atoms with Crippen LogP contribution in [0.5, 0.6) is 0 Å². The summed E-state index contributed by atoms with van der Waals surface area (Å²) in [5, 5.41) is 10.2. The highest BCUT2D eigenvalue weighted by Crippen LogP contribution is 2.34. The monoisotopic (exact) mass is 223 g/mol. The summed E-state index contributed by atoms with van der Waals surface area (Å²) in [6.07, 6.45) is 0.810. The summed E-state index contributed by atoms with van der Waals surface area (Å²) in [6, 6.07) is 7.99. The molecular formula is C12H17NOS. The number of thioether (sulfide) groups is 1. The van der Waals surface area contributed by atoms with Crippen molar-refractivity contribution in [3.05, 3.63) is 35.4 Å². The van der Waals surface area contributed by atoms with Crippen LogP contribution in [-0.2, 0) is 6.54 Å². The fraction of sp³-hybridized carbons (Fsp3) is 0.500. The first-order chi connectivity index (χ1) is 7.31. The lowest BCUT2D eigenvalue weighted by Gasteiger charge is -2.17. The zero-order chi connectivity index (χ0) is 10.7. The molecule has 1 aromatic rings. The van der Waals surface area contributed by atoms with Gasteiger partial charge in [-0.1, -0.05) is 24.3 Å². The van der Waals surface area contributed by atoms with Gasteiger partial charge in [0.1, 0.15) is 0 Å². The summed E-state index contributed by atoms with van der Waals surface area (Å²) in [4.78, 5) is 0. The molecule has 3 N–H and O–H groups in total.